The summed E-state index contributed by atoms with van der Waals surface area (Å²) in [5.41, 5.74) is 1.85. The summed E-state index contributed by atoms with van der Waals surface area (Å²) in [6.45, 7) is 1.81. The van der Waals surface area contributed by atoms with Gasteiger partial charge in [-0.3, -0.25) is 4.72 Å². The van der Waals surface area contributed by atoms with E-state index in [9.17, 15) is 14.1 Å². The fourth-order valence-electron chi connectivity index (χ4n) is 2.44. The minimum Gasteiger partial charge on any atom is -0.477 e. The van der Waals surface area contributed by atoms with E-state index in [1.807, 2.05) is 19.1 Å². The molecule has 4 nitrogen and oxygen atoms in total. The van der Waals surface area contributed by atoms with E-state index in [4.69, 9.17) is 22.8 Å². The molecule has 0 saturated carbocycles. The summed E-state index contributed by atoms with van der Waals surface area (Å²) in [6.07, 6.45) is 0. The van der Waals surface area contributed by atoms with E-state index in [0.717, 1.165) is 27.3 Å². The van der Waals surface area contributed by atoms with Crippen LogP contribution in [0.2, 0.25) is 5.02 Å². The standard InChI is InChI=1S/C18H14ClNO3S3/c1-11-4-2-3-5-16(11)26(23,24)20-14-10-15(25-17(14)18(21)22)12-6-8-13(19)9-7-12/h2-10,20H,1H3,(H,21,22). The van der Waals surface area contributed by atoms with Crippen LogP contribution in [0.25, 0.3) is 10.4 Å². The first kappa shape index (κ1) is 18.8. The molecule has 26 heavy (non-hydrogen) atoms. The van der Waals surface area contributed by atoms with Gasteiger partial charge < -0.3 is 5.11 Å². The van der Waals surface area contributed by atoms with Crippen molar-refractivity contribution in [3.8, 4) is 10.4 Å². The van der Waals surface area contributed by atoms with Gasteiger partial charge in [0.25, 0.3) is 0 Å². The van der Waals surface area contributed by atoms with Gasteiger partial charge in [0.2, 0.25) is 0 Å². The van der Waals surface area contributed by atoms with Gasteiger partial charge in [-0.25, -0.2) is 9.00 Å². The summed E-state index contributed by atoms with van der Waals surface area (Å²) in [7, 11) is -3.07. The molecule has 0 aliphatic rings. The maximum absolute atomic E-state index is 13.0. The molecule has 1 atom stereocenters. The van der Waals surface area contributed by atoms with E-state index >= 15 is 0 Å². The van der Waals surface area contributed by atoms with Crippen molar-refractivity contribution in [1.82, 2.24) is 0 Å². The molecule has 1 aromatic heterocycles. The zero-order chi connectivity index (χ0) is 18.9. The molecule has 0 spiro atoms. The monoisotopic (exact) mass is 423 g/mol. The maximum Gasteiger partial charge on any atom is 0.348 e. The number of carboxylic acid groups (broad SMARTS) is 1. The van der Waals surface area contributed by atoms with Gasteiger partial charge in [0.05, 0.1) is 10.6 Å². The molecule has 2 N–H and O–H groups in total. The number of benzene rings is 2. The normalized spacial score (nSPS) is 13.2. The molecular weight excluding hydrogens is 410 g/mol. The van der Waals surface area contributed by atoms with Crippen LogP contribution >= 0.6 is 22.9 Å². The van der Waals surface area contributed by atoms with Crippen LogP contribution in [0.15, 0.2) is 59.5 Å². The van der Waals surface area contributed by atoms with Crippen LogP contribution in [-0.2, 0) is 19.9 Å². The second-order valence-electron chi connectivity index (χ2n) is 5.54. The highest BCUT2D eigenvalue weighted by molar-refractivity contribution is 8.33. The van der Waals surface area contributed by atoms with E-state index in [1.54, 1.807) is 42.5 Å². The number of halogens is 1. The topological polar surface area (TPSA) is 66.4 Å². The fraction of sp³-hybridized carbons (Fsp3) is 0.0556. The second kappa shape index (κ2) is 7.36. The van der Waals surface area contributed by atoms with Crippen molar-refractivity contribution in [2.75, 3.05) is 4.72 Å². The van der Waals surface area contributed by atoms with Crippen LogP contribution in [0.3, 0.4) is 0 Å². The Morgan fingerprint density at radius 1 is 1.19 bits per heavy atom. The predicted molar refractivity (Wildman–Crippen MR) is 110 cm³/mol. The van der Waals surface area contributed by atoms with Crippen LogP contribution in [0.1, 0.15) is 15.2 Å². The van der Waals surface area contributed by atoms with Crippen LogP contribution < -0.4 is 4.72 Å². The summed E-state index contributed by atoms with van der Waals surface area (Å²) in [4.78, 5) is 12.9. The lowest BCUT2D eigenvalue weighted by molar-refractivity contribution is 0.0703. The van der Waals surface area contributed by atoms with Crippen LogP contribution in [0, 0.1) is 6.92 Å². The number of aryl methyl sites for hydroxylation is 1. The third-order valence-electron chi connectivity index (χ3n) is 3.68. The van der Waals surface area contributed by atoms with Gasteiger partial charge in [-0.2, -0.15) is 0 Å². The zero-order valence-corrected chi connectivity index (χ0v) is 16.8. The fourth-order valence-corrected chi connectivity index (χ4v) is 5.73. The quantitative estimate of drug-likeness (QED) is 0.591. The molecule has 0 fully saturated rings. The Hall–Kier alpha value is -1.93. The highest BCUT2D eigenvalue weighted by atomic mass is 35.5. The molecule has 0 bridgehead atoms. The summed E-state index contributed by atoms with van der Waals surface area (Å²) < 4.78 is 15.8. The van der Waals surface area contributed by atoms with Crippen molar-refractivity contribution in [3.05, 3.63) is 70.1 Å². The molecule has 2 aromatic carbocycles. The number of carbonyl (C=O) groups is 1. The third kappa shape index (κ3) is 3.91. The van der Waals surface area contributed by atoms with E-state index in [-0.39, 0.29) is 10.6 Å². The molecule has 0 radical (unpaired) electrons. The Labute approximate surface area is 165 Å². The molecule has 3 rings (SSSR count). The van der Waals surface area contributed by atoms with Crippen molar-refractivity contribution >= 4 is 54.5 Å². The van der Waals surface area contributed by atoms with Gasteiger partial charge in [0, 0.05) is 21.1 Å². The molecule has 0 aliphatic carbocycles. The van der Waals surface area contributed by atoms with Crippen molar-refractivity contribution in [2.24, 2.45) is 0 Å². The lowest BCUT2D eigenvalue weighted by atomic mass is 10.2. The first-order valence-electron chi connectivity index (χ1n) is 7.49. The zero-order valence-electron chi connectivity index (χ0n) is 13.6. The largest absolute Gasteiger partial charge is 0.477 e. The number of aromatic carboxylic acids is 1. The number of anilines is 1. The van der Waals surface area contributed by atoms with Gasteiger partial charge >= 0.3 is 5.97 Å². The van der Waals surface area contributed by atoms with E-state index in [2.05, 4.69) is 4.72 Å². The number of thiophene rings is 1. The molecule has 1 unspecified atom stereocenters. The second-order valence-corrected chi connectivity index (χ2v) is 10.1. The Bertz CT molecular complexity index is 1070. The van der Waals surface area contributed by atoms with Crippen LogP contribution in [0.5, 0.6) is 0 Å². The molecule has 0 aliphatic heterocycles. The number of hydrogen-bond donors (Lipinski definition) is 2. The smallest absolute Gasteiger partial charge is 0.348 e. The van der Waals surface area contributed by atoms with Gasteiger partial charge in [0.1, 0.15) is 13.6 Å². The van der Waals surface area contributed by atoms with Gasteiger partial charge in [-0.05, 0) is 42.3 Å². The predicted octanol–water partition coefficient (Wildman–Crippen LogP) is 5.21. The molecule has 0 amide bonds. The molecule has 0 saturated heterocycles. The number of rotatable bonds is 5. The van der Waals surface area contributed by atoms with Crippen LogP contribution in [-0.4, -0.2) is 15.3 Å². The Morgan fingerprint density at radius 2 is 1.85 bits per heavy atom. The Morgan fingerprint density at radius 3 is 2.46 bits per heavy atom. The maximum atomic E-state index is 13.0. The lowest BCUT2D eigenvalue weighted by Crippen LogP contribution is -2.14. The third-order valence-corrected chi connectivity index (χ3v) is 7.42. The molecule has 3 aromatic rings. The summed E-state index contributed by atoms with van der Waals surface area (Å²) in [6, 6.07) is 15.8. The van der Waals surface area contributed by atoms with Crippen molar-refractivity contribution in [1.29, 1.82) is 0 Å². The van der Waals surface area contributed by atoms with Gasteiger partial charge in [-0.1, -0.05) is 41.9 Å². The minimum atomic E-state index is -3.07. The SMILES string of the molecule is Cc1ccccc1S(=O)(=S)Nc1cc(-c2ccc(Cl)cc2)sc1C(=O)O. The minimum absolute atomic E-state index is 0.0566. The average molecular weight is 424 g/mol. The number of hydrogen-bond acceptors (Lipinski definition) is 4. The molecule has 1 heterocycles. The van der Waals surface area contributed by atoms with Gasteiger partial charge in [0.15, 0.2) is 0 Å². The number of nitrogens with one attached hydrogen (secondary N) is 1. The Kier molecular flexibility index (Phi) is 5.34. The summed E-state index contributed by atoms with van der Waals surface area (Å²) >= 11 is 12.3. The van der Waals surface area contributed by atoms with Crippen molar-refractivity contribution in [3.63, 3.8) is 0 Å². The van der Waals surface area contributed by atoms with E-state index < -0.39 is 14.6 Å². The average Bonchev–Trinajstić information content (AvgIpc) is 2.99. The van der Waals surface area contributed by atoms with Crippen molar-refractivity contribution < 1.29 is 14.1 Å². The molecule has 8 heteroatoms. The van der Waals surface area contributed by atoms with Crippen molar-refractivity contribution in [2.45, 2.75) is 11.8 Å². The summed E-state index contributed by atoms with van der Waals surface area (Å²) in [5, 5.41) is 10.1. The van der Waals surface area contributed by atoms with Gasteiger partial charge in [-0.15, -0.1) is 11.3 Å². The number of carboxylic acids is 1. The Balaban J connectivity index is 2.03. The van der Waals surface area contributed by atoms with Crippen LogP contribution in [0.4, 0.5) is 5.69 Å². The lowest BCUT2D eigenvalue weighted by Gasteiger charge is -2.12. The molecule has 134 valence electrons. The van der Waals surface area contributed by atoms with E-state index in [1.165, 1.54) is 0 Å². The molecular formula is C18H14ClNO3S3. The highest BCUT2D eigenvalue weighted by Gasteiger charge is 2.21. The summed E-state index contributed by atoms with van der Waals surface area (Å²) in [5.74, 6) is -1.10. The first-order chi connectivity index (χ1) is 12.3. The van der Waals surface area contributed by atoms with E-state index in [0.29, 0.717) is 9.92 Å². The first-order valence-corrected chi connectivity index (χ1v) is 11.2. The highest BCUT2D eigenvalue weighted by Crippen LogP contribution is 2.36.